The van der Waals surface area contributed by atoms with Gasteiger partial charge in [-0.15, -0.1) is 0 Å². The molecular formula is C23H20N2O2. The number of ether oxygens (including phenoxy) is 1. The molecule has 0 saturated carbocycles. The summed E-state index contributed by atoms with van der Waals surface area (Å²) in [6, 6.07) is 28.0. The average Bonchev–Trinajstić information content (AvgIpc) is 2.74. The number of carbonyl (C=O) groups is 1. The van der Waals surface area contributed by atoms with E-state index in [1.165, 1.54) is 0 Å². The fraction of sp³-hybridized carbons (Fsp3) is 0.0870. The van der Waals surface area contributed by atoms with E-state index in [1.807, 2.05) is 85.8 Å². The molecular weight excluding hydrogens is 336 g/mol. The smallest absolute Gasteiger partial charge is 0.279 e. The third-order valence-corrected chi connectivity index (χ3v) is 3.77. The van der Waals surface area contributed by atoms with Crippen molar-refractivity contribution in [3.8, 4) is 0 Å². The lowest BCUT2D eigenvalue weighted by molar-refractivity contribution is 0.100. The third-order valence-electron chi connectivity index (χ3n) is 3.77. The number of rotatable bonds is 4. The topological polar surface area (TPSA) is 51.0 Å². The Balaban J connectivity index is 2.06. The fourth-order valence-corrected chi connectivity index (χ4v) is 2.48. The summed E-state index contributed by atoms with van der Waals surface area (Å²) in [7, 11) is 0. The minimum atomic E-state index is -0.345. The zero-order valence-corrected chi connectivity index (χ0v) is 15.1. The maximum absolute atomic E-state index is 12.6. The SMILES string of the molecule is CCOC(=NC(=NC(=O)c1ccccc1)c1ccccc1)c1ccccc1. The van der Waals surface area contributed by atoms with Crippen molar-refractivity contribution in [2.75, 3.05) is 6.61 Å². The van der Waals surface area contributed by atoms with E-state index >= 15 is 0 Å². The molecule has 3 aromatic rings. The molecule has 0 aliphatic carbocycles. The van der Waals surface area contributed by atoms with Crippen molar-refractivity contribution in [2.45, 2.75) is 6.92 Å². The predicted octanol–water partition coefficient (Wildman–Crippen LogP) is 4.76. The van der Waals surface area contributed by atoms with Crippen LogP contribution in [-0.2, 0) is 4.74 Å². The molecule has 0 unspecified atom stereocenters. The monoisotopic (exact) mass is 356 g/mol. The highest BCUT2D eigenvalue weighted by Gasteiger charge is 2.11. The molecule has 0 atom stereocenters. The highest BCUT2D eigenvalue weighted by atomic mass is 16.5. The van der Waals surface area contributed by atoms with Crippen LogP contribution in [0.4, 0.5) is 0 Å². The van der Waals surface area contributed by atoms with E-state index in [-0.39, 0.29) is 5.91 Å². The van der Waals surface area contributed by atoms with Gasteiger partial charge in [0.25, 0.3) is 5.91 Å². The van der Waals surface area contributed by atoms with E-state index in [2.05, 4.69) is 9.98 Å². The van der Waals surface area contributed by atoms with Gasteiger partial charge in [0, 0.05) is 16.7 Å². The molecule has 0 heterocycles. The quantitative estimate of drug-likeness (QED) is 0.500. The molecule has 4 heteroatoms. The van der Waals surface area contributed by atoms with Gasteiger partial charge in [-0.05, 0) is 31.2 Å². The molecule has 3 aromatic carbocycles. The van der Waals surface area contributed by atoms with Gasteiger partial charge in [0.1, 0.15) is 0 Å². The van der Waals surface area contributed by atoms with Gasteiger partial charge in [0.15, 0.2) is 5.84 Å². The van der Waals surface area contributed by atoms with Gasteiger partial charge >= 0.3 is 0 Å². The molecule has 0 fully saturated rings. The van der Waals surface area contributed by atoms with Crippen LogP contribution < -0.4 is 0 Å². The van der Waals surface area contributed by atoms with Crippen molar-refractivity contribution in [3.63, 3.8) is 0 Å². The van der Waals surface area contributed by atoms with E-state index in [0.717, 1.165) is 11.1 Å². The zero-order valence-electron chi connectivity index (χ0n) is 15.1. The first kappa shape index (κ1) is 18.3. The van der Waals surface area contributed by atoms with Crippen molar-refractivity contribution < 1.29 is 9.53 Å². The van der Waals surface area contributed by atoms with E-state index in [4.69, 9.17) is 4.74 Å². The molecule has 27 heavy (non-hydrogen) atoms. The summed E-state index contributed by atoms with van der Waals surface area (Å²) >= 11 is 0. The molecule has 3 rings (SSSR count). The van der Waals surface area contributed by atoms with Crippen molar-refractivity contribution in [3.05, 3.63) is 108 Å². The number of hydrogen-bond donors (Lipinski definition) is 0. The van der Waals surface area contributed by atoms with Crippen LogP contribution in [0.15, 0.2) is 101 Å². The summed E-state index contributed by atoms with van der Waals surface area (Å²) in [6.07, 6.45) is 0. The Kier molecular flexibility index (Phi) is 6.26. The Morgan fingerprint density at radius 1 is 0.704 bits per heavy atom. The predicted molar refractivity (Wildman–Crippen MR) is 108 cm³/mol. The zero-order chi connectivity index (χ0) is 18.9. The summed E-state index contributed by atoms with van der Waals surface area (Å²) < 4.78 is 5.73. The molecule has 1 amide bonds. The molecule has 0 N–H and O–H groups in total. The fourth-order valence-electron chi connectivity index (χ4n) is 2.48. The third kappa shape index (κ3) is 4.98. The van der Waals surface area contributed by atoms with Crippen LogP contribution in [0.1, 0.15) is 28.4 Å². The lowest BCUT2D eigenvalue weighted by atomic mass is 10.2. The Bertz CT molecular complexity index is 934. The van der Waals surface area contributed by atoms with E-state index in [0.29, 0.717) is 23.9 Å². The van der Waals surface area contributed by atoms with Crippen LogP contribution in [0.25, 0.3) is 0 Å². The van der Waals surface area contributed by atoms with Crippen LogP contribution >= 0.6 is 0 Å². The van der Waals surface area contributed by atoms with Gasteiger partial charge in [-0.2, -0.15) is 9.98 Å². The molecule has 0 aliphatic rings. The van der Waals surface area contributed by atoms with Gasteiger partial charge < -0.3 is 4.74 Å². The van der Waals surface area contributed by atoms with Crippen LogP contribution in [0.5, 0.6) is 0 Å². The summed E-state index contributed by atoms with van der Waals surface area (Å²) in [4.78, 5) is 21.5. The van der Waals surface area contributed by atoms with Crippen LogP contribution in [0.2, 0.25) is 0 Å². The number of amides is 1. The minimum absolute atomic E-state index is 0.316. The lowest BCUT2D eigenvalue weighted by Crippen LogP contribution is -2.12. The van der Waals surface area contributed by atoms with Crippen molar-refractivity contribution in [1.82, 2.24) is 0 Å². The summed E-state index contributed by atoms with van der Waals surface area (Å²) in [5.41, 5.74) is 2.09. The number of benzene rings is 3. The molecule has 0 aromatic heterocycles. The Hall–Kier alpha value is -3.53. The average molecular weight is 356 g/mol. The summed E-state index contributed by atoms with van der Waals surface area (Å²) in [5.74, 6) is 0.403. The van der Waals surface area contributed by atoms with Gasteiger partial charge in [-0.1, -0.05) is 66.7 Å². The highest BCUT2D eigenvalue weighted by Crippen LogP contribution is 2.10. The van der Waals surface area contributed by atoms with Gasteiger partial charge in [0.2, 0.25) is 5.90 Å². The number of aliphatic imine (C=N–C) groups is 2. The molecule has 0 spiro atoms. The Morgan fingerprint density at radius 3 is 1.70 bits per heavy atom. The first-order valence-corrected chi connectivity index (χ1v) is 8.78. The maximum Gasteiger partial charge on any atom is 0.279 e. The minimum Gasteiger partial charge on any atom is -0.477 e. The normalized spacial score (nSPS) is 11.9. The Labute approximate surface area is 158 Å². The van der Waals surface area contributed by atoms with E-state index < -0.39 is 0 Å². The molecule has 134 valence electrons. The van der Waals surface area contributed by atoms with Gasteiger partial charge in [-0.25, -0.2) is 0 Å². The number of hydrogen-bond acceptors (Lipinski definition) is 2. The first-order valence-electron chi connectivity index (χ1n) is 8.78. The number of amidine groups is 1. The van der Waals surface area contributed by atoms with Crippen molar-refractivity contribution in [2.24, 2.45) is 9.98 Å². The second-order valence-corrected chi connectivity index (χ2v) is 5.69. The van der Waals surface area contributed by atoms with Gasteiger partial charge in [-0.3, -0.25) is 4.79 Å². The first-order chi connectivity index (χ1) is 13.3. The molecule has 0 radical (unpaired) electrons. The van der Waals surface area contributed by atoms with Gasteiger partial charge in [0.05, 0.1) is 6.61 Å². The highest BCUT2D eigenvalue weighted by molar-refractivity contribution is 6.14. The second-order valence-electron chi connectivity index (χ2n) is 5.69. The van der Waals surface area contributed by atoms with Crippen molar-refractivity contribution >= 4 is 17.6 Å². The number of nitrogens with zero attached hydrogens (tertiary/aromatic N) is 2. The van der Waals surface area contributed by atoms with E-state index in [9.17, 15) is 4.79 Å². The van der Waals surface area contributed by atoms with E-state index in [1.54, 1.807) is 12.1 Å². The molecule has 4 nitrogen and oxygen atoms in total. The summed E-state index contributed by atoms with van der Waals surface area (Å²) in [5, 5.41) is 0. The summed E-state index contributed by atoms with van der Waals surface area (Å²) in [6.45, 7) is 2.36. The Morgan fingerprint density at radius 2 is 1.19 bits per heavy atom. The van der Waals surface area contributed by atoms with Crippen molar-refractivity contribution in [1.29, 1.82) is 0 Å². The molecule has 0 bridgehead atoms. The van der Waals surface area contributed by atoms with Crippen LogP contribution in [0.3, 0.4) is 0 Å². The second kappa shape index (κ2) is 9.25. The molecule has 0 saturated heterocycles. The number of carbonyl (C=O) groups excluding carboxylic acids is 1. The van der Waals surface area contributed by atoms with Crippen LogP contribution in [-0.4, -0.2) is 24.2 Å². The maximum atomic E-state index is 12.6. The molecule has 0 aliphatic heterocycles. The van der Waals surface area contributed by atoms with Crippen LogP contribution in [0, 0.1) is 0 Å². The standard InChI is InChI=1S/C23H20N2O2/c1-2-27-23(20-16-10-5-11-17-20)25-21(18-12-6-3-7-13-18)24-22(26)19-14-8-4-9-15-19/h3-17H,2H2,1H3. The largest absolute Gasteiger partial charge is 0.477 e. The lowest BCUT2D eigenvalue weighted by Gasteiger charge is -2.09.